The van der Waals surface area contributed by atoms with Gasteiger partial charge >= 0.3 is 6.09 Å². The summed E-state index contributed by atoms with van der Waals surface area (Å²) in [6, 6.07) is 2.04. The molecule has 1 saturated heterocycles. The fourth-order valence-corrected chi connectivity index (χ4v) is 6.06. The van der Waals surface area contributed by atoms with Crippen LogP contribution in [0.3, 0.4) is 0 Å². The molecule has 2 N–H and O–H groups in total. The molecule has 3 aliphatic heterocycles. The minimum absolute atomic E-state index is 0.0972. The monoisotopic (exact) mass is 525 g/mol. The molecule has 0 aromatic carbocycles. The summed E-state index contributed by atoms with van der Waals surface area (Å²) < 4.78 is 23.5. The number of rotatable bonds is 5. The van der Waals surface area contributed by atoms with Gasteiger partial charge < -0.3 is 29.9 Å². The Morgan fingerprint density at radius 1 is 1.35 bits per heavy atom. The number of aryl methyl sites for hydroxylation is 1. The van der Waals surface area contributed by atoms with Gasteiger partial charge in [0.2, 0.25) is 5.95 Å². The van der Waals surface area contributed by atoms with Crippen molar-refractivity contribution in [3.8, 4) is 17.6 Å². The Morgan fingerprint density at radius 2 is 2.19 bits per heavy atom. The summed E-state index contributed by atoms with van der Waals surface area (Å²) in [5.41, 5.74) is 1.08. The molecule has 1 fully saturated rings. The molecule has 2 atom stereocenters. The second-order valence-corrected chi connectivity index (χ2v) is 11.3. The second-order valence-electron chi connectivity index (χ2n) is 9.83. The number of aromatic nitrogens is 3. The number of ether oxygens (including phenoxy) is 2. The molecule has 5 rings (SSSR count). The van der Waals surface area contributed by atoms with Crippen molar-refractivity contribution in [3.05, 3.63) is 23.5 Å². The van der Waals surface area contributed by atoms with Crippen molar-refractivity contribution in [1.82, 2.24) is 20.3 Å². The van der Waals surface area contributed by atoms with E-state index in [9.17, 15) is 9.00 Å². The van der Waals surface area contributed by atoms with Crippen molar-refractivity contribution in [2.75, 3.05) is 60.8 Å². The van der Waals surface area contributed by atoms with E-state index in [0.717, 1.165) is 29.4 Å². The number of pyridine rings is 1. The standard InChI is InChI=1S/C25H31N7O4S/c1-5-6-16-11-19-22(26-12-16)32-9-8-31(13-17(32)14-36-19)23-28-18-7-10-37(34)20(18)21(29-23)30-25(2,3)15-27-24(33)35-4/h11-12,17H,7-10,13-15H2,1-4H3,(H,27,33)(H,28,29,30)/t17-,37-/m1/s1. The number of alkyl carbamates (subject to hydrolysis) is 1. The quantitative estimate of drug-likeness (QED) is 0.556. The maximum Gasteiger partial charge on any atom is 0.406 e. The molecule has 37 heavy (non-hydrogen) atoms. The summed E-state index contributed by atoms with van der Waals surface area (Å²) in [6.07, 6.45) is 1.91. The number of nitrogens with zero attached hydrogens (tertiary/aromatic N) is 5. The molecular weight excluding hydrogens is 494 g/mol. The first-order chi connectivity index (χ1) is 17.8. The number of hydrogen-bond acceptors (Lipinski definition) is 10. The molecule has 3 aliphatic rings. The van der Waals surface area contributed by atoms with Crippen LogP contribution in [0, 0.1) is 11.8 Å². The first-order valence-corrected chi connectivity index (χ1v) is 13.6. The van der Waals surface area contributed by atoms with Crippen molar-refractivity contribution in [2.24, 2.45) is 0 Å². The number of carbonyl (C=O) groups is 1. The van der Waals surface area contributed by atoms with Crippen LogP contribution >= 0.6 is 0 Å². The first-order valence-electron chi connectivity index (χ1n) is 12.2. The van der Waals surface area contributed by atoms with Gasteiger partial charge in [0, 0.05) is 56.2 Å². The lowest BCUT2D eigenvalue weighted by Crippen LogP contribution is -2.58. The molecule has 5 heterocycles. The molecule has 0 radical (unpaired) electrons. The molecule has 0 saturated carbocycles. The fourth-order valence-electron chi connectivity index (χ4n) is 4.76. The zero-order valence-electron chi connectivity index (χ0n) is 21.5. The molecule has 1 amide bonds. The molecule has 0 unspecified atom stereocenters. The van der Waals surface area contributed by atoms with Gasteiger partial charge in [0.1, 0.15) is 17.3 Å². The van der Waals surface area contributed by atoms with Crippen molar-refractivity contribution in [3.63, 3.8) is 0 Å². The number of carbonyl (C=O) groups excluding carboxylic acids is 1. The van der Waals surface area contributed by atoms with Crippen LogP contribution in [0.25, 0.3) is 0 Å². The molecule has 12 heteroatoms. The predicted molar refractivity (Wildman–Crippen MR) is 141 cm³/mol. The summed E-state index contributed by atoms with van der Waals surface area (Å²) in [4.78, 5) is 31.0. The number of anilines is 3. The average molecular weight is 526 g/mol. The summed E-state index contributed by atoms with van der Waals surface area (Å²) in [7, 11) is 0.155. The van der Waals surface area contributed by atoms with E-state index >= 15 is 0 Å². The number of amides is 1. The molecule has 0 aliphatic carbocycles. The van der Waals surface area contributed by atoms with Crippen LogP contribution in [0.1, 0.15) is 32.0 Å². The van der Waals surface area contributed by atoms with Crippen LogP contribution in [0.5, 0.6) is 5.75 Å². The van der Waals surface area contributed by atoms with Gasteiger partial charge in [-0.05, 0) is 20.8 Å². The van der Waals surface area contributed by atoms with Crippen molar-refractivity contribution < 1.29 is 18.5 Å². The van der Waals surface area contributed by atoms with E-state index in [-0.39, 0.29) is 6.04 Å². The van der Waals surface area contributed by atoms with Crippen LogP contribution in [0.4, 0.5) is 22.4 Å². The molecule has 0 bridgehead atoms. The minimum atomic E-state index is -1.17. The topological polar surface area (TPSA) is 122 Å². The minimum Gasteiger partial charge on any atom is -0.487 e. The Kier molecular flexibility index (Phi) is 6.81. The predicted octanol–water partition coefficient (Wildman–Crippen LogP) is 1.54. The third-order valence-electron chi connectivity index (χ3n) is 6.56. The Labute approximate surface area is 218 Å². The third kappa shape index (κ3) is 5.13. The van der Waals surface area contributed by atoms with Gasteiger partial charge in [-0.1, -0.05) is 5.92 Å². The summed E-state index contributed by atoms with van der Waals surface area (Å²) in [6.45, 7) is 8.64. The number of methoxy groups -OCH3 is 1. The van der Waals surface area contributed by atoms with Gasteiger partial charge in [0.05, 0.1) is 35.2 Å². The Bertz CT molecular complexity index is 1310. The summed E-state index contributed by atoms with van der Waals surface area (Å²) in [5, 5.41) is 6.11. The van der Waals surface area contributed by atoms with Crippen LogP contribution < -0.4 is 25.2 Å². The van der Waals surface area contributed by atoms with Crippen molar-refractivity contribution >= 4 is 34.5 Å². The van der Waals surface area contributed by atoms with E-state index in [4.69, 9.17) is 14.7 Å². The highest BCUT2D eigenvalue weighted by atomic mass is 32.2. The van der Waals surface area contributed by atoms with Crippen LogP contribution in [-0.2, 0) is 22.0 Å². The molecule has 2 aromatic heterocycles. The maximum atomic E-state index is 12.8. The molecule has 2 aromatic rings. The van der Waals surface area contributed by atoms with Gasteiger partial charge in [0.15, 0.2) is 11.6 Å². The molecule has 0 spiro atoms. The van der Waals surface area contributed by atoms with E-state index in [1.165, 1.54) is 7.11 Å². The SMILES string of the molecule is CC#Cc1cnc2c(c1)OC[C@H]1CN(c3nc4c(c(NC(C)(C)CNC(=O)OC)n3)[S@](=O)CC4)CCN21. The normalized spacial score (nSPS) is 20.0. The summed E-state index contributed by atoms with van der Waals surface area (Å²) >= 11 is 0. The van der Waals surface area contributed by atoms with Crippen LogP contribution in [-0.4, -0.2) is 82.5 Å². The molecule has 11 nitrogen and oxygen atoms in total. The van der Waals surface area contributed by atoms with Gasteiger partial charge in [-0.15, -0.1) is 5.92 Å². The highest BCUT2D eigenvalue weighted by Crippen LogP contribution is 2.36. The Morgan fingerprint density at radius 3 is 2.97 bits per heavy atom. The first kappa shape index (κ1) is 25.1. The van der Waals surface area contributed by atoms with Crippen LogP contribution in [0.2, 0.25) is 0 Å². The number of hydrogen-bond donors (Lipinski definition) is 2. The van der Waals surface area contributed by atoms with Crippen molar-refractivity contribution in [2.45, 2.75) is 43.7 Å². The van der Waals surface area contributed by atoms with E-state index < -0.39 is 22.4 Å². The van der Waals surface area contributed by atoms with E-state index in [2.05, 4.69) is 42.0 Å². The highest BCUT2D eigenvalue weighted by Gasteiger charge is 2.36. The van der Waals surface area contributed by atoms with Crippen LogP contribution in [0.15, 0.2) is 17.2 Å². The molecule has 196 valence electrons. The lowest BCUT2D eigenvalue weighted by Gasteiger charge is -2.44. The van der Waals surface area contributed by atoms with Crippen molar-refractivity contribution in [1.29, 1.82) is 0 Å². The number of fused-ring (bicyclic) bond motifs is 4. The smallest absolute Gasteiger partial charge is 0.406 e. The van der Waals surface area contributed by atoms with E-state index in [1.807, 2.05) is 19.9 Å². The third-order valence-corrected chi connectivity index (χ3v) is 8.02. The Balaban J connectivity index is 1.37. The zero-order valence-corrected chi connectivity index (χ0v) is 22.3. The van der Waals surface area contributed by atoms with Gasteiger partial charge in [-0.25, -0.2) is 14.8 Å². The molecular formula is C25H31N7O4S. The largest absolute Gasteiger partial charge is 0.487 e. The van der Waals surface area contributed by atoms with E-state index in [1.54, 1.807) is 13.1 Å². The average Bonchev–Trinajstić information content (AvgIpc) is 3.27. The number of nitrogens with one attached hydrogen (secondary N) is 2. The van der Waals surface area contributed by atoms with Gasteiger partial charge in [0.25, 0.3) is 0 Å². The van der Waals surface area contributed by atoms with Gasteiger partial charge in [-0.2, -0.15) is 4.98 Å². The Hall–Kier alpha value is -3.59. The lowest BCUT2D eigenvalue weighted by molar-refractivity contribution is 0.169. The highest BCUT2D eigenvalue weighted by molar-refractivity contribution is 7.85. The van der Waals surface area contributed by atoms with E-state index in [0.29, 0.717) is 55.1 Å². The lowest BCUT2D eigenvalue weighted by atomic mass is 10.1. The number of piperazine rings is 1. The maximum absolute atomic E-state index is 12.8. The fraction of sp³-hybridized carbons (Fsp3) is 0.520. The second kappa shape index (κ2) is 10.0. The van der Waals surface area contributed by atoms with Gasteiger partial charge in [-0.3, -0.25) is 4.21 Å². The summed E-state index contributed by atoms with van der Waals surface area (Å²) in [5.74, 6) is 9.20. The zero-order chi connectivity index (χ0) is 26.2.